The number of benzene rings is 3. The lowest BCUT2D eigenvalue weighted by Crippen LogP contribution is -2.20. The highest BCUT2D eigenvalue weighted by Crippen LogP contribution is 2.37. The van der Waals surface area contributed by atoms with Gasteiger partial charge in [-0.3, -0.25) is 9.59 Å². The second-order valence-electron chi connectivity index (χ2n) is 8.05. The quantitative estimate of drug-likeness (QED) is 0.216. The maximum atomic E-state index is 12.6. The number of hydrogen-bond acceptors (Lipinski definition) is 5. The fourth-order valence-corrected chi connectivity index (χ4v) is 3.98. The third kappa shape index (κ3) is 7.84. The van der Waals surface area contributed by atoms with Crippen molar-refractivity contribution in [3.05, 3.63) is 86.4 Å². The van der Waals surface area contributed by atoms with Crippen LogP contribution in [0.1, 0.15) is 23.6 Å². The van der Waals surface area contributed by atoms with Crippen LogP contribution in [0, 0.1) is 25.2 Å². The maximum absolute atomic E-state index is 12.6. The van der Waals surface area contributed by atoms with Crippen molar-refractivity contribution in [3.63, 3.8) is 0 Å². The Morgan fingerprint density at radius 1 is 1.03 bits per heavy atom. The van der Waals surface area contributed by atoms with Gasteiger partial charge in [0.2, 0.25) is 0 Å². The lowest BCUT2D eigenvalue weighted by atomic mass is 10.1. The van der Waals surface area contributed by atoms with Crippen LogP contribution < -0.4 is 20.1 Å². The standard InChI is InChI=1S/C28H25BrClN3O4/c1-4-36-25-13-19(11-20(15-31)28(35)33-21-8-5-17(2)6-9-21)12-23(29)27(25)37-16-26(34)32-22-10-7-18(3)24(30)14-22/h5-14H,4,16H2,1-3H3,(H,32,34)(H,33,35)/b20-11-. The summed E-state index contributed by atoms with van der Waals surface area (Å²) in [5, 5.41) is 15.6. The predicted molar refractivity (Wildman–Crippen MR) is 149 cm³/mol. The second kappa shape index (κ2) is 12.9. The van der Waals surface area contributed by atoms with E-state index in [1.165, 1.54) is 6.08 Å². The van der Waals surface area contributed by atoms with Crippen LogP contribution in [0.4, 0.5) is 11.4 Å². The van der Waals surface area contributed by atoms with Crippen molar-refractivity contribution in [3.8, 4) is 17.6 Å². The molecule has 0 radical (unpaired) electrons. The van der Waals surface area contributed by atoms with Gasteiger partial charge in [0.05, 0.1) is 11.1 Å². The smallest absolute Gasteiger partial charge is 0.266 e. The van der Waals surface area contributed by atoms with E-state index in [1.54, 1.807) is 36.4 Å². The van der Waals surface area contributed by atoms with Gasteiger partial charge >= 0.3 is 0 Å². The summed E-state index contributed by atoms with van der Waals surface area (Å²) in [6.07, 6.45) is 1.45. The van der Waals surface area contributed by atoms with Crippen LogP contribution in [0.2, 0.25) is 5.02 Å². The first kappa shape index (κ1) is 27.8. The van der Waals surface area contributed by atoms with E-state index in [4.69, 9.17) is 21.1 Å². The van der Waals surface area contributed by atoms with E-state index in [-0.39, 0.29) is 18.1 Å². The van der Waals surface area contributed by atoms with E-state index in [1.807, 2.05) is 45.0 Å². The van der Waals surface area contributed by atoms with Gasteiger partial charge in [-0.2, -0.15) is 5.26 Å². The molecule has 2 amide bonds. The van der Waals surface area contributed by atoms with Gasteiger partial charge in [-0.1, -0.05) is 35.4 Å². The number of anilines is 2. The van der Waals surface area contributed by atoms with Gasteiger partial charge in [-0.15, -0.1) is 0 Å². The molecule has 37 heavy (non-hydrogen) atoms. The maximum Gasteiger partial charge on any atom is 0.266 e. The molecule has 0 heterocycles. The Morgan fingerprint density at radius 2 is 1.73 bits per heavy atom. The molecule has 0 aliphatic carbocycles. The van der Waals surface area contributed by atoms with Gasteiger partial charge < -0.3 is 20.1 Å². The Morgan fingerprint density at radius 3 is 2.38 bits per heavy atom. The Bertz CT molecular complexity index is 1380. The summed E-state index contributed by atoms with van der Waals surface area (Å²) in [4.78, 5) is 25.1. The van der Waals surface area contributed by atoms with Crippen LogP contribution in [0.5, 0.6) is 11.5 Å². The predicted octanol–water partition coefficient (Wildman–Crippen LogP) is 6.68. The van der Waals surface area contributed by atoms with Gasteiger partial charge in [-0.05, 0) is 90.3 Å². The Labute approximate surface area is 229 Å². The minimum absolute atomic E-state index is 0.0836. The summed E-state index contributed by atoms with van der Waals surface area (Å²) >= 11 is 9.56. The largest absolute Gasteiger partial charge is 0.490 e. The fraction of sp³-hybridized carbons (Fsp3) is 0.179. The molecule has 0 aliphatic heterocycles. The molecule has 0 fully saturated rings. The molecule has 190 valence electrons. The first-order valence-electron chi connectivity index (χ1n) is 11.3. The van der Waals surface area contributed by atoms with Gasteiger partial charge in [-0.25, -0.2) is 0 Å². The van der Waals surface area contributed by atoms with E-state index in [2.05, 4.69) is 26.6 Å². The average Bonchev–Trinajstić information content (AvgIpc) is 2.85. The van der Waals surface area contributed by atoms with Crippen LogP contribution in [0.25, 0.3) is 6.08 Å². The number of ether oxygens (including phenoxy) is 2. The number of aryl methyl sites for hydroxylation is 2. The molecule has 0 saturated heterocycles. The number of hydrogen-bond donors (Lipinski definition) is 2. The molecule has 0 spiro atoms. The van der Waals surface area contributed by atoms with Crippen LogP contribution in [0.15, 0.2) is 64.6 Å². The van der Waals surface area contributed by atoms with Gasteiger partial charge in [0.1, 0.15) is 11.6 Å². The monoisotopic (exact) mass is 581 g/mol. The number of nitriles is 1. The normalized spacial score (nSPS) is 10.9. The van der Waals surface area contributed by atoms with Crippen molar-refractivity contribution in [1.29, 1.82) is 5.26 Å². The van der Waals surface area contributed by atoms with Gasteiger partial charge in [0.15, 0.2) is 18.1 Å². The molecular weight excluding hydrogens is 558 g/mol. The fourth-order valence-electron chi connectivity index (χ4n) is 3.23. The highest BCUT2D eigenvalue weighted by atomic mass is 79.9. The number of nitrogens with zero attached hydrogens (tertiary/aromatic N) is 1. The van der Waals surface area contributed by atoms with E-state index >= 15 is 0 Å². The van der Waals surface area contributed by atoms with Crippen LogP contribution in [-0.4, -0.2) is 25.0 Å². The molecule has 2 N–H and O–H groups in total. The third-order valence-electron chi connectivity index (χ3n) is 5.12. The second-order valence-corrected chi connectivity index (χ2v) is 9.32. The number of amides is 2. The summed E-state index contributed by atoms with van der Waals surface area (Å²) in [6, 6.07) is 17.7. The molecule has 7 nitrogen and oxygen atoms in total. The molecule has 0 aromatic heterocycles. The zero-order valence-corrected chi connectivity index (χ0v) is 22.9. The summed E-state index contributed by atoms with van der Waals surface area (Å²) < 4.78 is 11.9. The number of halogens is 2. The Hall–Kier alpha value is -3.80. The summed E-state index contributed by atoms with van der Waals surface area (Å²) in [5.74, 6) is -0.240. The van der Waals surface area contributed by atoms with Crippen LogP contribution in [0.3, 0.4) is 0 Å². The topological polar surface area (TPSA) is 100 Å². The Kier molecular flexibility index (Phi) is 9.72. The van der Waals surface area contributed by atoms with Crippen LogP contribution in [-0.2, 0) is 9.59 Å². The summed E-state index contributed by atoms with van der Waals surface area (Å²) in [7, 11) is 0. The number of carbonyl (C=O) groups excluding carboxylic acids is 2. The molecule has 3 rings (SSSR count). The summed E-state index contributed by atoms with van der Waals surface area (Å²) in [6.45, 7) is 5.69. The highest BCUT2D eigenvalue weighted by molar-refractivity contribution is 9.10. The highest BCUT2D eigenvalue weighted by Gasteiger charge is 2.16. The minimum atomic E-state index is -0.534. The van der Waals surface area contributed by atoms with Gasteiger partial charge in [0, 0.05) is 16.4 Å². The summed E-state index contributed by atoms with van der Waals surface area (Å²) in [5.41, 5.74) is 3.56. The number of carbonyl (C=O) groups is 2. The lowest BCUT2D eigenvalue weighted by molar-refractivity contribution is -0.118. The molecule has 0 atom stereocenters. The van der Waals surface area contributed by atoms with E-state index in [0.29, 0.717) is 44.5 Å². The first-order valence-corrected chi connectivity index (χ1v) is 12.5. The third-order valence-corrected chi connectivity index (χ3v) is 6.12. The van der Waals surface area contributed by atoms with Crippen molar-refractivity contribution >= 4 is 56.8 Å². The molecule has 0 saturated carbocycles. The first-order chi connectivity index (χ1) is 17.7. The average molecular weight is 583 g/mol. The van der Waals surface area contributed by atoms with Crippen molar-refractivity contribution in [2.45, 2.75) is 20.8 Å². The lowest BCUT2D eigenvalue weighted by Gasteiger charge is -2.15. The molecular formula is C28H25BrClN3O4. The van der Waals surface area contributed by atoms with E-state index in [0.717, 1.165) is 11.1 Å². The van der Waals surface area contributed by atoms with Crippen molar-refractivity contribution in [1.82, 2.24) is 0 Å². The number of nitrogens with one attached hydrogen (secondary N) is 2. The SMILES string of the molecule is CCOc1cc(/C=C(/C#N)C(=O)Nc2ccc(C)cc2)cc(Br)c1OCC(=O)Nc1ccc(C)c(Cl)c1. The molecule has 0 bridgehead atoms. The van der Waals surface area contributed by atoms with Crippen molar-refractivity contribution < 1.29 is 19.1 Å². The molecule has 9 heteroatoms. The van der Waals surface area contributed by atoms with Crippen LogP contribution >= 0.6 is 27.5 Å². The zero-order valence-electron chi connectivity index (χ0n) is 20.5. The number of rotatable bonds is 9. The zero-order chi connectivity index (χ0) is 26.9. The van der Waals surface area contributed by atoms with Crippen molar-refractivity contribution in [2.75, 3.05) is 23.8 Å². The molecule has 3 aromatic carbocycles. The van der Waals surface area contributed by atoms with E-state index in [9.17, 15) is 14.9 Å². The molecule has 0 aliphatic rings. The molecule has 3 aromatic rings. The molecule has 0 unspecified atom stereocenters. The van der Waals surface area contributed by atoms with E-state index < -0.39 is 5.91 Å². The Balaban J connectivity index is 1.76. The van der Waals surface area contributed by atoms with Crippen molar-refractivity contribution in [2.24, 2.45) is 0 Å². The van der Waals surface area contributed by atoms with Gasteiger partial charge in [0.25, 0.3) is 11.8 Å². The minimum Gasteiger partial charge on any atom is -0.490 e.